The van der Waals surface area contributed by atoms with Crippen LogP contribution in [-0.2, 0) is 7.05 Å². The molecule has 6 nitrogen and oxygen atoms in total. The van der Waals surface area contributed by atoms with Gasteiger partial charge in [0.25, 0.3) is 0 Å². The van der Waals surface area contributed by atoms with Crippen molar-refractivity contribution < 1.29 is 19.5 Å². The average molecular weight is 272 g/mol. The molecule has 3 aromatic rings. The predicted octanol–water partition coefficient (Wildman–Crippen LogP) is 2.55. The van der Waals surface area contributed by atoms with E-state index in [4.69, 9.17) is 4.52 Å². The fourth-order valence-electron chi connectivity index (χ4n) is 2.42. The maximum atomic E-state index is 11.2. The number of aryl methyl sites for hydroxylation is 1. The number of hydrogen-bond acceptors (Lipinski definition) is 4. The number of carbonyl (C=O) groups is 1. The lowest BCUT2D eigenvalue weighted by atomic mass is 10.1. The first-order valence-electron chi connectivity index (χ1n) is 5.97. The highest BCUT2D eigenvalue weighted by molar-refractivity contribution is 6.03. The summed E-state index contributed by atoms with van der Waals surface area (Å²) in [6.07, 6.45) is 1.18. The Balaban J connectivity index is 2.41. The minimum absolute atomic E-state index is 0.00365. The van der Waals surface area contributed by atoms with E-state index in [-0.39, 0.29) is 17.1 Å². The van der Waals surface area contributed by atoms with E-state index in [1.807, 2.05) is 18.5 Å². The summed E-state index contributed by atoms with van der Waals surface area (Å²) in [5.41, 5.74) is 2.35. The van der Waals surface area contributed by atoms with E-state index in [1.165, 1.54) is 6.20 Å². The van der Waals surface area contributed by atoms with Crippen LogP contribution in [0.4, 0.5) is 0 Å². The number of phenols is 1. The lowest BCUT2D eigenvalue weighted by molar-refractivity contribution is 0.0697. The Labute approximate surface area is 113 Å². The third kappa shape index (κ3) is 1.58. The zero-order valence-electron chi connectivity index (χ0n) is 10.9. The molecule has 0 bridgehead atoms. The lowest BCUT2D eigenvalue weighted by Crippen LogP contribution is -1.97. The van der Waals surface area contributed by atoms with Crippen molar-refractivity contribution in [3.8, 4) is 17.1 Å². The van der Waals surface area contributed by atoms with Gasteiger partial charge in [0.05, 0.1) is 6.20 Å². The fourth-order valence-corrected chi connectivity index (χ4v) is 2.42. The third-order valence-electron chi connectivity index (χ3n) is 3.50. The monoisotopic (exact) mass is 272 g/mol. The summed E-state index contributed by atoms with van der Waals surface area (Å²) < 4.78 is 7.04. The number of phenolic OH excluding ortho intramolecular Hbond substituents is 1. The van der Waals surface area contributed by atoms with E-state index in [2.05, 4.69) is 5.16 Å². The highest BCUT2D eigenvalue weighted by atomic mass is 16.5. The average Bonchev–Trinajstić information content (AvgIpc) is 2.95. The number of aromatic carboxylic acids is 1. The molecule has 2 heterocycles. The van der Waals surface area contributed by atoms with E-state index >= 15 is 0 Å². The topological polar surface area (TPSA) is 88.5 Å². The van der Waals surface area contributed by atoms with Crippen LogP contribution in [0.15, 0.2) is 28.9 Å². The fraction of sp³-hybridized carbons (Fsp3) is 0.143. The van der Waals surface area contributed by atoms with Crippen molar-refractivity contribution >= 4 is 16.9 Å². The zero-order chi connectivity index (χ0) is 14.4. The molecular formula is C14H12N2O4. The van der Waals surface area contributed by atoms with Crippen LogP contribution in [0.25, 0.3) is 22.2 Å². The van der Waals surface area contributed by atoms with Gasteiger partial charge < -0.3 is 19.3 Å². The standard InChI is InChI=1S/C14H12N2O4/c1-7-12(13-10(14(18)19)6-15-20-13)9-5-8(17)3-4-11(9)16(7)2/h3-6,17H,1-2H3,(H,18,19). The van der Waals surface area contributed by atoms with Crippen molar-refractivity contribution in [1.29, 1.82) is 0 Å². The van der Waals surface area contributed by atoms with Gasteiger partial charge in [-0.15, -0.1) is 0 Å². The Morgan fingerprint density at radius 1 is 1.40 bits per heavy atom. The highest BCUT2D eigenvalue weighted by Gasteiger charge is 2.23. The first-order chi connectivity index (χ1) is 9.50. The largest absolute Gasteiger partial charge is 0.508 e. The van der Waals surface area contributed by atoms with Gasteiger partial charge in [-0.2, -0.15) is 0 Å². The van der Waals surface area contributed by atoms with Gasteiger partial charge in [-0.05, 0) is 25.1 Å². The molecule has 102 valence electrons. The summed E-state index contributed by atoms with van der Waals surface area (Å²) >= 11 is 0. The number of hydrogen-bond donors (Lipinski definition) is 2. The van der Waals surface area contributed by atoms with E-state index < -0.39 is 5.97 Å². The van der Waals surface area contributed by atoms with Gasteiger partial charge in [0.2, 0.25) is 0 Å². The molecule has 2 aromatic heterocycles. The molecule has 6 heteroatoms. The predicted molar refractivity (Wildman–Crippen MR) is 71.8 cm³/mol. The van der Waals surface area contributed by atoms with Crippen molar-refractivity contribution in [3.05, 3.63) is 35.7 Å². The van der Waals surface area contributed by atoms with Gasteiger partial charge in [0.1, 0.15) is 11.3 Å². The number of fused-ring (bicyclic) bond motifs is 1. The molecule has 0 fully saturated rings. The normalized spacial score (nSPS) is 11.1. The van der Waals surface area contributed by atoms with Gasteiger partial charge in [-0.25, -0.2) is 4.79 Å². The molecule has 0 aliphatic rings. The first kappa shape index (κ1) is 12.3. The molecule has 0 aliphatic heterocycles. The van der Waals surface area contributed by atoms with E-state index in [0.717, 1.165) is 16.6 Å². The van der Waals surface area contributed by atoms with Crippen LogP contribution in [-0.4, -0.2) is 25.9 Å². The van der Waals surface area contributed by atoms with Gasteiger partial charge in [0, 0.05) is 29.2 Å². The maximum Gasteiger partial charge on any atom is 0.341 e. The molecule has 3 rings (SSSR count). The molecule has 1 aromatic carbocycles. The number of rotatable bonds is 2. The number of carboxylic acid groups (broad SMARTS) is 1. The molecular weight excluding hydrogens is 260 g/mol. The molecule has 0 aliphatic carbocycles. The van der Waals surface area contributed by atoms with Crippen LogP contribution in [0.2, 0.25) is 0 Å². The SMILES string of the molecule is Cc1c(-c2oncc2C(=O)O)c2cc(O)ccc2n1C. The quantitative estimate of drug-likeness (QED) is 0.748. The van der Waals surface area contributed by atoms with Crippen molar-refractivity contribution in [2.75, 3.05) is 0 Å². The van der Waals surface area contributed by atoms with Crippen molar-refractivity contribution in [2.45, 2.75) is 6.92 Å². The van der Waals surface area contributed by atoms with Crippen molar-refractivity contribution in [3.63, 3.8) is 0 Å². The number of aromatic hydroxyl groups is 1. The van der Waals surface area contributed by atoms with Crippen molar-refractivity contribution in [2.24, 2.45) is 7.05 Å². The molecule has 0 saturated carbocycles. The third-order valence-corrected chi connectivity index (χ3v) is 3.50. The summed E-state index contributed by atoms with van der Waals surface area (Å²) in [4.78, 5) is 11.2. The molecule has 2 N–H and O–H groups in total. The lowest BCUT2D eigenvalue weighted by Gasteiger charge is -1.99. The Bertz CT molecular complexity index is 829. The minimum atomic E-state index is -1.10. The Hall–Kier alpha value is -2.76. The van der Waals surface area contributed by atoms with Crippen LogP contribution in [0, 0.1) is 6.92 Å². The minimum Gasteiger partial charge on any atom is -0.508 e. The first-order valence-corrected chi connectivity index (χ1v) is 5.97. The molecule has 0 saturated heterocycles. The molecule has 0 spiro atoms. The smallest absolute Gasteiger partial charge is 0.341 e. The summed E-state index contributed by atoms with van der Waals surface area (Å²) in [5, 5.41) is 23.1. The van der Waals surface area contributed by atoms with Crippen molar-refractivity contribution in [1.82, 2.24) is 9.72 Å². The Morgan fingerprint density at radius 3 is 2.85 bits per heavy atom. The van der Waals surface area contributed by atoms with Gasteiger partial charge in [-0.3, -0.25) is 0 Å². The molecule has 0 radical (unpaired) electrons. The molecule has 20 heavy (non-hydrogen) atoms. The molecule has 0 atom stereocenters. The maximum absolute atomic E-state index is 11.2. The Morgan fingerprint density at radius 2 is 2.15 bits per heavy atom. The summed E-state index contributed by atoms with van der Waals surface area (Å²) in [6.45, 7) is 1.86. The highest BCUT2D eigenvalue weighted by Crippen LogP contribution is 2.37. The molecule has 0 unspecified atom stereocenters. The number of benzene rings is 1. The second kappa shape index (κ2) is 4.12. The van der Waals surface area contributed by atoms with Crippen LogP contribution < -0.4 is 0 Å². The Kier molecular flexibility index (Phi) is 2.53. The summed E-state index contributed by atoms with van der Waals surface area (Å²) in [7, 11) is 1.87. The second-order valence-electron chi connectivity index (χ2n) is 4.59. The van der Waals surface area contributed by atoms with Gasteiger partial charge >= 0.3 is 5.97 Å². The van der Waals surface area contributed by atoms with Crippen LogP contribution in [0.5, 0.6) is 5.75 Å². The van der Waals surface area contributed by atoms with Gasteiger partial charge in [0.15, 0.2) is 5.76 Å². The second-order valence-corrected chi connectivity index (χ2v) is 4.59. The zero-order valence-corrected chi connectivity index (χ0v) is 10.9. The van der Waals surface area contributed by atoms with Crippen LogP contribution in [0.3, 0.4) is 0 Å². The van der Waals surface area contributed by atoms with E-state index in [0.29, 0.717) is 5.56 Å². The van der Waals surface area contributed by atoms with Crippen LogP contribution >= 0.6 is 0 Å². The van der Waals surface area contributed by atoms with E-state index in [9.17, 15) is 15.0 Å². The van der Waals surface area contributed by atoms with Crippen LogP contribution in [0.1, 0.15) is 16.1 Å². The number of carboxylic acids is 1. The van der Waals surface area contributed by atoms with Gasteiger partial charge in [-0.1, -0.05) is 5.16 Å². The van der Waals surface area contributed by atoms with E-state index in [1.54, 1.807) is 18.2 Å². The number of aromatic nitrogens is 2. The molecule has 0 amide bonds. The number of nitrogens with zero attached hydrogens (tertiary/aromatic N) is 2. The summed E-state index contributed by atoms with van der Waals surface area (Å²) in [5.74, 6) is -0.787. The summed E-state index contributed by atoms with van der Waals surface area (Å²) in [6, 6.07) is 4.95.